The predicted octanol–water partition coefficient (Wildman–Crippen LogP) is 6.83. The molecule has 0 aliphatic heterocycles. The lowest BCUT2D eigenvalue weighted by molar-refractivity contribution is -0.384. The predicted molar refractivity (Wildman–Crippen MR) is 158 cm³/mol. The van der Waals surface area contributed by atoms with Gasteiger partial charge in [0.25, 0.3) is 5.69 Å². The molecule has 42 heavy (non-hydrogen) atoms. The summed E-state index contributed by atoms with van der Waals surface area (Å²) in [5.41, 5.74) is 2.10. The SMILES string of the molecule is CCOC(=O)c1ccc(NC(=O)C(CC2CCCC2)c2c[nH]c3cc(C(=O)c4ccc([N+](=O)[O-])cc4)c(Cl)cc23)nc1. The van der Waals surface area contributed by atoms with E-state index in [2.05, 4.69) is 15.3 Å². The highest BCUT2D eigenvalue weighted by Gasteiger charge is 2.30. The maximum absolute atomic E-state index is 13.7. The first-order valence-corrected chi connectivity index (χ1v) is 14.2. The van der Waals surface area contributed by atoms with Crippen molar-refractivity contribution in [1.29, 1.82) is 0 Å². The number of pyridine rings is 1. The van der Waals surface area contributed by atoms with E-state index in [1.54, 1.807) is 37.4 Å². The van der Waals surface area contributed by atoms with E-state index >= 15 is 0 Å². The molecule has 5 rings (SSSR count). The van der Waals surface area contributed by atoms with Crippen LogP contribution in [-0.4, -0.2) is 39.2 Å². The number of carbonyl (C=O) groups is 3. The average Bonchev–Trinajstić information content (AvgIpc) is 3.65. The summed E-state index contributed by atoms with van der Waals surface area (Å²) >= 11 is 6.61. The molecule has 2 heterocycles. The molecule has 0 bridgehead atoms. The number of H-pyrrole nitrogens is 1. The Morgan fingerprint density at radius 3 is 2.48 bits per heavy atom. The third-order valence-electron chi connectivity index (χ3n) is 7.65. The van der Waals surface area contributed by atoms with Crippen molar-refractivity contribution < 1.29 is 24.0 Å². The van der Waals surface area contributed by atoms with E-state index in [-0.39, 0.29) is 40.1 Å². The van der Waals surface area contributed by atoms with Crippen LogP contribution in [0.4, 0.5) is 11.5 Å². The van der Waals surface area contributed by atoms with Gasteiger partial charge >= 0.3 is 5.97 Å². The number of halogens is 1. The zero-order valence-corrected chi connectivity index (χ0v) is 23.6. The molecule has 0 saturated heterocycles. The van der Waals surface area contributed by atoms with Crippen LogP contribution in [0.15, 0.2) is 60.9 Å². The Morgan fingerprint density at radius 2 is 1.83 bits per heavy atom. The first-order valence-electron chi connectivity index (χ1n) is 13.8. The van der Waals surface area contributed by atoms with Gasteiger partial charge in [-0.1, -0.05) is 37.3 Å². The monoisotopic (exact) mass is 588 g/mol. The second kappa shape index (κ2) is 12.5. The van der Waals surface area contributed by atoms with E-state index in [4.69, 9.17) is 16.3 Å². The third kappa shape index (κ3) is 6.18. The lowest BCUT2D eigenvalue weighted by Gasteiger charge is -2.20. The second-order valence-corrected chi connectivity index (χ2v) is 10.7. The first-order chi connectivity index (χ1) is 20.2. The number of fused-ring (bicyclic) bond motifs is 1. The van der Waals surface area contributed by atoms with Crippen molar-refractivity contribution >= 4 is 51.7 Å². The van der Waals surface area contributed by atoms with Gasteiger partial charge in [0, 0.05) is 46.6 Å². The molecule has 1 aliphatic carbocycles. The number of hydrogen-bond acceptors (Lipinski definition) is 7. The molecule has 1 atom stereocenters. The molecule has 1 aliphatic rings. The van der Waals surface area contributed by atoms with Crippen molar-refractivity contribution in [1.82, 2.24) is 9.97 Å². The molecule has 0 spiro atoms. The minimum atomic E-state index is -0.527. The fraction of sp³-hybridized carbons (Fsp3) is 0.290. The van der Waals surface area contributed by atoms with Crippen LogP contribution in [0.2, 0.25) is 5.02 Å². The van der Waals surface area contributed by atoms with Gasteiger partial charge in [0.15, 0.2) is 5.78 Å². The minimum Gasteiger partial charge on any atom is -0.462 e. The van der Waals surface area contributed by atoms with Crippen LogP contribution < -0.4 is 5.32 Å². The van der Waals surface area contributed by atoms with Crippen molar-refractivity contribution in [2.75, 3.05) is 11.9 Å². The van der Waals surface area contributed by atoms with Crippen LogP contribution in [0.3, 0.4) is 0 Å². The minimum absolute atomic E-state index is 0.112. The van der Waals surface area contributed by atoms with Crippen LogP contribution in [0.25, 0.3) is 10.9 Å². The van der Waals surface area contributed by atoms with Gasteiger partial charge in [0.05, 0.1) is 28.0 Å². The zero-order valence-electron chi connectivity index (χ0n) is 22.9. The summed E-state index contributed by atoms with van der Waals surface area (Å²) in [6.07, 6.45) is 8.14. The molecule has 2 N–H and O–H groups in total. The van der Waals surface area contributed by atoms with E-state index in [0.29, 0.717) is 29.2 Å². The Kier molecular flexibility index (Phi) is 8.63. The van der Waals surface area contributed by atoms with Crippen LogP contribution in [0.1, 0.15) is 76.8 Å². The summed E-state index contributed by atoms with van der Waals surface area (Å²) in [4.78, 5) is 56.7. The number of amides is 1. The molecule has 1 unspecified atom stereocenters. The van der Waals surface area contributed by atoms with E-state index in [9.17, 15) is 24.5 Å². The van der Waals surface area contributed by atoms with Gasteiger partial charge in [-0.3, -0.25) is 19.7 Å². The number of aromatic nitrogens is 2. The fourth-order valence-electron chi connectivity index (χ4n) is 5.49. The molecule has 11 heteroatoms. The lowest BCUT2D eigenvalue weighted by atomic mass is 9.86. The number of nitro benzene ring substituents is 1. The van der Waals surface area contributed by atoms with Crippen molar-refractivity contribution in [2.45, 2.75) is 44.9 Å². The smallest absolute Gasteiger partial charge is 0.339 e. The number of nitrogens with zero attached hydrogens (tertiary/aromatic N) is 2. The molecule has 1 fully saturated rings. The number of benzene rings is 2. The summed E-state index contributed by atoms with van der Waals surface area (Å²) in [6.45, 7) is 1.97. The number of nitro groups is 1. The van der Waals surface area contributed by atoms with Crippen LogP contribution in [-0.2, 0) is 9.53 Å². The summed E-state index contributed by atoms with van der Waals surface area (Å²) in [7, 11) is 0. The Labute approximate surface area is 246 Å². The van der Waals surface area contributed by atoms with Crippen molar-refractivity contribution in [3.8, 4) is 0 Å². The number of aromatic amines is 1. The topological polar surface area (TPSA) is 144 Å². The number of nitrogens with one attached hydrogen (secondary N) is 2. The van der Waals surface area contributed by atoms with E-state index < -0.39 is 16.8 Å². The number of non-ortho nitro benzene ring substituents is 1. The summed E-state index contributed by atoms with van der Waals surface area (Å²) in [5, 5.41) is 14.8. The standard InChI is InChI=1S/C31H29ClN4O6/c1-2-42-31(39)20-9-12-28(34-16-20)35-30(38)23(13-18-5-3-4-6-18)25-17-33-27-15-24(26(32)14-22(25)27)29(37)19-7-10-21(11-8-19)36(40)41/h7-12,14-18,23,33H,2-6,13H2,1H3,(H,34,35,38). The van der Waals surface area contributed by atoms with Gasteiger partial charge in [-0.15, -0.1) is 0 Å². The molecule has 2 aromatic carbocycles. The number of hydrogen-bond donors (Lipinski definition) is 2. The van der Waals surface area contributed by atoms with Gasteiger partial charge in [-0.25, -0.2) is 9.78 Å². The quantitative estimate of drug-likeness (QED) is 0.0893. The normalized spacial score (nSPS) is 14.0. The fourth-order valence-corrected chi connectivity index (χ4v) is 5.74. The van der Waals surface area contributed by atoms with E-state index in [0.717, 1.165) is 36.6 Å². The van der Waals surface area contributed by atoms with Gasteiger partial charge in [0.1, 0.15) is 5.82 Å². The molecule has 1 amide bonds. The molecular weight excluding hydrogens is 560 g/mol. The summed E-state index contributed by atoms with van der Waals surface area (Å²) in [5.74, 6) is -0.890. The Morgan fingerprint density at radius 1 is 1.12 bits per heavy atom. The molecule has 0 radical (unpaired) electrons. The zero-order chi connectivity index (χ0) is 29.8. The van der Waals surface area contributed by atoms with Crippen molar-refractivity contribution in [3.05, 3.63) is 98.3 Å². The highest BCUT2D eigenvalue weighted by atomic mass is 35.5. The van der Waals surface area contributed by atoms with Crippen LogP contribution in [0, 0.1) is 16.0 Å². The Balaban J connectivity index is 1.43. The van der Waals surface area contributed by atoms with Gasteiger partial charge < -0.3 is 15.0 Å². The molecule has 10 nitrogen and oxygen atoms in total. The molecule has 216 valence electrons. The average molecular weight is 589 g/mol. The van der Waals surface area contributed by atoms with Gasteiger partial charge in [-0.05, 0) is 61.2 Å². The number of esters is 1. The van der Waals surface area contributed by atoms with E-state index in [1.165, 1.54) is 30.5 Å². The summed E-state index contributed by atoms with van der Waals surface area (Å²) in [6, 6.07) is 11.8. The van der Waals surface area contributed by atoms with Crippen LogP contribution in [0.5, 0.6) is 0 Å². The van der Waals surface area contributed by atoms with Gasteiger partial charge in [0.2, 0.25) is 5.91 Å². The molecule has 2 aromatic heterocycles. The van der Waals surface area contributed by atoms with Gasteiger partial charge in [-0.2, -0.15) is 0 Å². The number of ketones is 1. The number of carbonyl (C=O) groups excluding carboxylic acids is 3. The first kappa shape index (κ1) is 28.9. The Bertz CT molecular complexity index is 1640. The molecule has 4 aromatic rings. The largest absolute Gasteiger partial charge is 0.462 e. The van der Waals surface area contributed by atoms with Crippen molar-refractivity contribution in [2.24, 2.45) is 5.92 Å². The van der Waals surface area contributed by atoms with Crippen molar-refractivity contribution in [3.63, 3.8) is 0 Å². The number of rotatable bonds is 10. The molecular formula is C31H29ClN4O6. The maximum Gasteiger partial charge on any atom is 0.339 e. The maximum atomic E-state index is 13.7. The van der Waals surface area contributed by atoms with Crippen LogP contribution >= 0.6 is 11.6 Å². The number of ether oxygens (including phenoxy) is 1. The summed E-state index contributed by atoms with van der Waals surface area (Å²) < 4.78 is 5.00. The highest BCUT2D eigenvalue weighted by molar-refractivity contribution is 6.36. The molecule has 1 saturated carbocycles. The Hall–Kier alpha value is -4.57. The third-order valence-corrected chi connectivity index (χ3v) is 7.96. The van der Waals surface area contributed by atoms with E-state index in [1.807, 2.05) is 0 Å². The lowest BCUT2D eigenvalue weighted by Crippen LogP contribution is -2.23. The highest BCUT2D eigenvalue weighted by Crippen LogP contribution is 2.38. The number of anilines is 1. The second-order valence-electron chi connectivity index (χ2n) is 10.3.